The number of benzene rings is 1. The molecule has 0 saturated heterocycles. The third-order valence-corrected chi connectivity index (χ3v) is 3.83. The highest BCUT2D eigenvalue weighted by atomic mass is 19.1. The van der Waals surface area contributed by atoms with Gasteiger partial charge in [0.1, 0.15) is 5.82 Å². The Morgan fingerprint density at radius 3 is 2.33 bits per heavy atom. The number of nitrogens with one attached hydrogen (secondary N) is 1. The lowest BCUT2D eigenvalue weighted by atomic mass is 9.88. The van der Waals surface area contributed by atoms with Crippen molar-refractivity contribution in [2.24, 2.45) is 5.92 Å². The molecule has 0 saturated carbocycles. The Kier molecular flexibility index (Phi) is 6.34. The molecule has 0 heterocycles. The van der Waals surface area contributed by atoms with E-state index in [1.807, 2.05) is 13.0 Å². The highest BCUT2D eigenvalue weighted by Gasteiger charge is 2.18. The molecule has 1 rings (SSSR count). The van der Waals surface area contributed by atoms with Gasteiger partial charge in [0, 0.05) is 6.04 Å². The van der Waals surface area contributed by atoms with Crippen LogP contribution in [-0.4, -0.2) is 12.6 Å². The van der Waals surface area contributed by atoms with Crippen LogP contribution in [0.1, 0.15) is 44.7 Å². The van der Waals surface area contributed by atoms with Crippen LogP contribution in [0.15, 0.2) is 18.2 Å². The lowest BCUT2D eigenvalue weighted by Gasteiger charge is -2.27. The van der Waals surface area contributed by atoms with Crippen molar-refractivity contribution in [2.75, 3.05) is 6.54 Å². The fourth-order valence-corrected chi connectivity index (χ4v) is 2.65. The first-order valence-corrected chi connectivity index (χ1v) is 7.10. The zero-order valence-electron chi connectivity index (χ0n) is 12.1. The lowest BCUT2D eigenvalue weighted by molar-refractivity contribution is 0.336. The maximum atomic E-state index is 13.1. The summed E-state index contributed by atoms with van der Waals surface area (Å²) in [6.45, 7) is 9.62. The fourth-order valence-electron chi connectivity index (χ4n) is 2.65. The Hall–Kier alpha value is -0.890. The summed E-state index contributed by atoms with van der Waals surface area (Å²) < 4.78 is 13.1. The van der Waals surface area contributed by atoms with Crippen molar-refractivity contribution in [2.45, 2.75) is 53.0 Å². The minimum atomic E-state index is -0.140. The van der Waals surface area contributed by atoms with Crippen LogP contribution >= 0.6 is 0 Å². The van der Waals surface area contributed by atoms with E-state index in [1.165, 1.54) is 18.4 Å². The summed E-state index contributed by atoms with van der Waals surface area (Å²) in [4.78, 5) is 0. The Morgan fingerprint density at radius 2 is 1.83 bits per heavy atom. The van der Waals surface area contributed by atoms with E-state index in [-0.39, 0.29) is 5.82 Å². The highest BCUT2D eigenvalue weighted by Crippen LogP contribution is 2.20. The van der Waals surface area contributed by atoms with Gasteiger partial charge in [-0.15, -0.1) is 0 Å². The predicted octanol–water partition coefficient (Wildman–Crippen LogP) is 4.09. The molecule has 0 aliphatic heterocycles. The van der Waals surface area contributed by atoms with Gasteiger partial charge < -0.3 is 5.32 Å². The summed E-state index contributed by atoms with van der Waals surface area (Å²) in [5.41, 5.74) is 2.32. The summed E-state index contributed by atoms with van der Waals surface area (Å²) >= 11 is 0. The van der Waals surface area contributed by atoms with E-state index in [0.29, 0.717) is 12.0 Å². The summed E-state index contributed by atoms with van der Waals surface area (Å²) in [5.74, 6) is 0.549. The number of hydrogen-bond acceptors (Lipinski definition) is 1. The van der Waals surface area contributed by atoms with E-state index >= 15 is 0 Å². The summed E-state index contributed by atoms with van der Waals surface area (Å²) in [6.07, 6.45) is 3.37. The van der Waals surface area contributed by atoms with Gasteiger partial charge in [0.2, 0.25) is 0 Å². The predicted molar refractivity (Wildman–Crippen MR) is 76.4 cm³/mol. The van der Waals surface area contributed by atoms with Crippen LogP contribution in [0.25, 0.3) is 0 Å². The standard InChI is InChI=1S/C16H26FN/c1-5-13(6-2)16(18-7-3)11-14-8-9-15(17)10-12(14)4/h8-10,13,16,18H,5-7,11H2,1-4H3. The largest absolute Gasteiger partial charge is 0.314 e. The second-order valence-corrected chi connectivity index (χ2v) is 5.02. The first-order valence-electron chi connectivity index (χ1n) is 7.10. The number of rotatable bonds is 7. The number of aryl methyl sites for hydroxylation is 1. The van der Waals surface area contributed by atoms with Crippen molar-refractivity contribution < 1.29 is 4.39 Å². The van der Waals surface area contributed by atoms with Gasteiger partial charge in [0.05, 0.1) is 0 Å². The van der Waals surface area contributed by atoms with Crippen molar-refractivity contribution in [3.8, 4) is 0 Å². The van der Waals surface area contributed by atoms with Gasteiger partial charge >= 0.3 is 0 Å². The summed E-state index contributed by atoms with van der Waals surface area (Å²) in [7, 11) is 0. The van der Waals surface area contributed by atoms with E-state index in [0.717, 1.165) is 18.5 Å². The van der Waals surface area contributed by atoms with Crippen molar-refractivity contribution in [3.05, 3.63) is 35.1 Å². The molecule has 102 valence electrons. The van der Waals surface area contributed by atoms with Gasteiger partial charge in [-0.2, -0.15) is 0 Å². The van der Waals surface area contributed by atoms with Crippen molar-refractivity contribution in [3.63, 3.8) is 0 Å². The molecule has 0 aliphatic carbocycles. The van der Waals surface area contributed by atoms with Crippen LogP contribution in [0, 0.1) is 18.7 Å². The Labute approximate surface area is 111 Å². The molecule has 0 fully saturated rings. The maximum absolute atomic E-state index is 13.1. The normalized spacial score (nSPS) is 13.0. The zero-order chi connectivity index (χ0) is 13.5. The Morgan fingerprint density at radius 1 is 1.17 bits per heavy atom. The second kappa shape index (κ2) is 7.52. The van der Waals surface area contributed by atoms with E-state index < -0.39 is 0 Å². The van der Waals surface area contributed by atoms with Gasteiger partial charge in [0.25, 0.3) is 0 Å². The molecule has 1 unspecified atom stereocenters. The van der Waals surface area contributed by atoms with Crippen LogP contribution in [0.2, 0.25) is 0 Å². The van der Waals surface area contributed by atoms with Crippen LogP contribution in [0.3, 0.4) is 0 Å². The van der Waals surface area contributed by atoms with Gasteiger partial charge in [-0.05, 0) is 49.1 Å². The third-order valence-electron chi connectivity index (χ3n) is 3.83. The molecule has 0 spiro atoms. The summed E-state index contributed by atoms with van der Waals surface area (Å²) in [6, 6.07) is 5.62. The Balaban J connectivity index is 2.82. The molecule has 0 amide bonds. The minimum Gasteiger partial charge on any atom is -0.314 e. The SMILES string of the molecule is CCNC(Cc1ccc(F)cc1C)C(CC)CC. The first kappa shape index (κ1) is 15.2. The van der Waals surface area contributed by atoms with Crippen molar-refractivity contribution in [1.29, 1.82) is 0 Å². The number of halogens is 1. The van der Waals surface area contributed by atoms with Gasteiger partial charge in [0.15, 0.2) is 0 Å². The average molecular weight is 251 g/mol. The first-order chi connectivity index (χ1) is 8.62. The molecule has 18 heavy (non-hydrogen) atoms. The van der Waals surface area contributed by atoms with E-state index in [2.05, 4.69) is 26.1 Å². The van der Waals surface area contributed by atoms with Crippen molar-refractivity contribution in [1.82, 2.24) is 5.32 Å². The van der Waals surface area contributed by atoms with Gasteiger partial charge in [-0.25, -0.2) is 4.39 Å². The molecular weight excluding hydrogens is 225 g/mol. The molecule has 0 radical (unpaired) electrons. The molecule has 2 heteroatoms. The van der Waals surface area contributed by atoms with Crippen LogP contribution in [0.4, 0.5) is 4.39 Å². The van der Waals surface area contributed by atoms with Crippen molar-refractivity contribution >= 4 is 0 Å². The molecule has 1 atom stereocenters. The average Bonchev–Trinajstić information content (AvgIpc) is 2.34. The highest BCUT2D eigenvalue weighted by molar-refractivity contribution is 5.27. The van der Waals surface area contributed by atoms with Crippen LogP contribution < -0.4 is 5.32 Å². The van der Waals surface area contributed by atoms with Crippen LogP contribution in [-0.2, 0) is 6.42 Å². The molecule has 0 aliphatic rings. The molecule has 1 aromatic carbocycles. The van der Waals surface area contributed by atoms with Gasteiger partial charge in [-0.3, -0.25) is 0 Å². The lowest BCUT2D eigenvalue weighted by Crippen LogP contribution is -2.37. The maximum Gasteiger partial charge on any atom is 0.123 e. The number of likely N-dealkylation sites (N-methyl/N-ethyl adjacent to an activating group) is 1. The van der Waals surface area contributed by atoms with E-state index in [4.69, 9.17) is 0 Å². The smallest absolute Gasteiger partial charge is 0.123 e. The second-order valence-electron chi connectivity index (χ2n) is 5.02. The third kappa shape index (κ3) is 4.09. The fraction of sp³-hybridized carbons (Fsp3) is 0.625. The quantitative estimate of drug-likeness (QED) is 0.769. The van der Waals surface area contributed by atoms with E-state index in [1.54, 1.807) is 12.1 Å². The van der Waals surface area contributed by atoms with E-state index in [9.17, 15) is 4.39 Å². The molecule has 1 N–H and O–H groups in total. The molecule has 0 aromatic heterocycles. The molecule has 1 nitrogen and oxygen atoms in total. The number of hydrogen-bond donors (Lipinski definition) is 1. The molecule has 0 bridgehead atoms. The molecule has 1 aromatic rings. The zero-order valence-corrected chi connectivity index (χ0v) is 12.1. The minimum absolute atomic E-state index is 0.140. The van der Waals surface area contributed by atoms with Crippen LogP contribution in [0.5, 0.6) is 0 Å². The summed E-state index contributed by atoms with van der Waals surface area (Å²) in [5, 5.41) is 3.58. The topological polar surface area (TPSA) is 12.0 Å². The molecular formula is C16H26FN. The monoisotopic (exact) mass is 251 g/mol. The Bertz CT molecular complexity index is 358. The van der Waals surface area contributed by atoms with Gasteiger partial charge in [-0.1, -0.05) is 39.7 Å².